The van der Waals surface area contributed by atoms with E-state index in [4.69, 9.17) is 0 Å². The highest BCUT2D eigenvalue weighted by atomic mass is 32.2. The minimum Gasteiger partial charge on any atom is -0.268 e. The van der Waals surface area contributed by atoms with Crippen molar-refractivity contribution >= 4 is 10.0 Å². The number of nitrogens with zero attached hydrogens (tertiary/aromatic N) is 2. The van der Waals surface area contributed by atoms with Gasteiger partial charge in [0.25, 0.3) is 5.56 Å². The van der Waals surface area contributed by atoms with E-state index in [0.717, 1.165) is 11.1 Å². The number of nitrogens with one attached hydrogen (secondary N) is 1. The van der Waals surface area contributed by atoms with Crippen LogP contribution in [0.3, 0.4) is 0 Å². The first-order chi connectivity index (χ1) is 12.9. The molecular formula is C20H21N3O3S. The average Bonchev–Trinajstić information content (AvgIpc) is 2.66. The first-order valence-corrected chi connectivity index (χ1v) is 10.1. The van der Waals surface area contributed by atoms with Gasteiger partial charge in [0, 0.05) is 18.2 Å². The fourth-order valence-electron chi connectivity index (χ4n) is 2.73. The summed E-state index contributed by atoms with van der Waals surface area (Å²) in [4.78, 5) is 12.3. The molecule has 3 aromatic rings. The Labute approximate surface area is 158 Å². The molecule has 0 aliphatic rings. The molecule has 140 valence electrons. The first-order valence-electron chi connectivity index (χ1n) is 8.57. The van der Waals surface area contributed by atoms with Gasteiger partial charge in [-0.15, -0.1) is 0 Å². The van der Waals surface area contributed by atoms with Gasteiger partial charge in [0.2, 0.25) is 10.0 Å². The van der Waals surface area contributed by atoms with E-state index in [-0.39, 0.29) is 23.5 Å². The van der Waals surface area contributed by atoms with E-state index in [1.54, 1.807) is 25.1 Å². The minimum absolute atomic E-state index is 0.0703. The van der Waals surface area contributed by atoms with Crippen molar-refractivity contribution in [3.8, 4) is 11.3 Å². The third kappa shape index (κ3) is 4.50. The SMILES string of the molecule is Cc1ccc(C)c(S(=O)(=O)NCCn2nc(-c3ccccc3)ccc2=O)c1. The molecule has 6 nitrogen and oxygen atoms in total. The Bertz CT molecular complexity index is 1110. The van der Waals surface area contributed by atoms with Crippen LogP contribution in [-0.4, -0.2) is 24.7 Å². The van der Waals surface area contributed by atoms with Gasteiger partial charge in [-0.05, 0) is 37.1 Å². The molecule has 1 aromatic heterocycles. The largest absolute Gasteiger partial charge is 0.268 e. The molecule has 0 aliphatic heterocycles. The zero-order valence-corrected chi connectivity index (χ0v) is 16.0. The third-order valence-electron chi connectivity index (χ3n) is 4.19. The second-order valence-corrected chi connectivity index (χ2v) is 8.05. The Morgan fingerprint density at radius 2 is 1.74 bits per heavy atom. The molecule has 0 bridgehead atoms. The van der Waals surface area contributed by atoms with Gasteiger partial charge in [0.05, 0.1) is 17.1 Å². The maximum Gasteiger partial charge on any atom is 0.266 e. The number of aryl methyl sites for hydroxylation is 2. The molecule has 0 fully saturated rings. The molecule has 0 spiro atoms. The minimum atomic E-state index is -3.65. The van der Waals surface area contributed by atoms with Crippen molar-refractivity contribution < 1.29 is 8.42 Å². The van der Waals surface area contributed by atoms with E-state index in [9.17, 15) is 13.2 Å². The van der Waals surface area contributed by atoms with E-state index >= 15 is 0 Å². The topological polar surface area (TPSA) is 81.1 Å². The van der Waals surface area contributed by atoms with Gasteiger partial charge in [0.15, 0.2) is 0 Å². The summed E-state index contributed by atoms with van der Waals surface area (Å²) in [7, 11) is -3.65. The zero-order valence-electron chi connectivity index (χ0n) is 15.2. The van der Waals surface area contributed by atoms with Crippen molar-refractivity contribution in [1.82, 2.24) is 14.5 Å². The maximum atomic E-state index is 12.5. The summed E-state index contributed by atoms with van der Waals surface area (Å²) < 4.78 is 28.9. The summed E-state index contributed by atoms with van der Waals surface area (Å²) in [5, 5.41) is 4.34. The zero-order chi connectivity index (χ0) is 19.4. The van der Waals surface area contributed by atoms with E-state index in [1.807, 2.05) is 43.3 Å². The number of aromatic nitrogens is 2. The quantitative estimate of drug-likeness (QED) is 0.709. The van der Waals surface area contributed by atoms with Crippen molar-refractivity contribution in [2.45, 2.75) is 25.3 Å². The standard InChI is InChI=1S/C20H21N3O3S/c1-15-8-9-16(2)19(14-15)27(25,26)21-12-13-23-20(24)11-10-18(22-23)17-6-4-3-5-7-17/h3-11,14,21H,12-13H2,1-2H3. The van der Waals surface area contributed by atoms with E-state index in [2.05, 4.69) is 9.82 Å². The Morgan fingerprint density at radius 1 is 1.00 bits per heavy atom. The molecule has 0 unspecified atom stereocenters. The fourth-order valence-corrected chi connectivity index (χ4v) is 4.08. The molecule has 1 N–H and O–H groups in total. The van der Waals surface area contributed by atoms with Crippen molar-refractivity contribution in [2.75, 3.05) is 6.54 Å². The van der Waals surface area contributed by atoms with Crippen LogP contribution in [0.5, 0.6) is 0 Å². The fraction of sp³-hybridized carbons (Fsp3) is 0.200. The van der Waals surface area contributed by atoms with Crippen LogP contribution in [0.4, 0.5) is 0 Å². The van der Waals surface area contributed by atoms with Crippen molar-refractivity contribution in [3.63, 3.8) is 0 Å². The Balaban J connectivity index is 1.75. The van der Waals surface area contributed by atoms with Crippen molar-refractivity contribution in [1.29, 1.82) is 0 Å². The highest BCUT2D eigenvalue weighted by Crippen LogP contribution is 2.16. The molecule has 27 heavy (non-hydrogen) atoms. The number of hydrogen-bond donors (Lipinski definition) is 1. The molecule has 0 saturated carbocycles. The van der Waals surface area contributed by atoms with Crippen LogP contribution in [0, 0.1) is 13.8 Å². The smallest absolute Gasteiger partial charge is 0.266 e. The summed E-state index contributed by atoms with van der Waals surface area (Å²) in [6, 6.07) is 17.9. The molecular weight excluding hydrogens is 362 g/mol. The van der Waals surface area contributed by atoms with E-state index < -0.39 is 10.0 Å². The van der Waals surface area contributed by atoms with Crippen LogP contribution in [0.15, 0.2) is 70.4 Å². The van der Waals surface area contributed by atoms with Crippen molar-refractivity contribution in [2.24, 2.45) is 0 Å². The summed E-state index contributed by atoms with van der Waals surface area (Å²) in [6.45, 7) is 3.81. The van der Waals surface area contributed by atoms with Gasteiger partial charge in [0.1, 0.15) is 0 Å². The third-order valence-corrected chi connectivity index (χ3v) is 5.79. The van der Waals surface area contributed by atoms with Crippen LogP contribution in [0.2, 0.25) is 0 Å². The molecule has 2 aromatic carbocycles. The van der Waals surface area contributed by atoms with Crippen LogP contribution in [-0.2, 0) is 16.6 Å². The molecule has 0 atom stereocenters. The summed E-state index contributed by atoms with van der Waals surface area (Å²) in [6.07, 6.45) is 0. The lowest BCUT2D eigenvalue weighted by molar-refractivity contribution is 0.548. The van der Waals surface area contributed by atoms with Crippen LogP contribution >= 0.6 is 0 Å². The summed E-state index contributed by atoms with van der Waals surface area (Å²) in [5.41, 5.74) is 2.82. The maximum absolute atomic E-state index is 12.5. The molecule has 1 heterocycles. The van der Waals surface area contributed by atoms with Crippen molar-refractivity contribution in [3.05, 3.63) is 82.1 Å². The second kappa shape index (κ2) is 7.85. The molecule has 0 aliphatic carbocycles. The Hall–Kier alpha value is -2.77. The highest BCUT2D eigenvalue weighted by Gasteiger charge is 2.16. The van der Waals surface area contributed by atoms with Crippen LogP contribution in [0.25, 0.3) is 11.3 Å². The summed E-state index contributed by atoms with van der Waals surface area (Å²) >= 11 is 0. The molecule has 7 heteroatoms. The van der Waals surface area contributed by atoms with Gasteiger partial charge in [-0.2, -0.15) is 5.10 Å². The molecule has 0 amide bonds. The normalized spacial score (nSPS) is 11.5. The van der Waals surface area contributed by atoms with Gasteiger partial charge >= 0.3 is 0 Å². The lowest BCUT2D eigenvalue weighted by atomic mass is 10.1. The molecule has 3 rings (SSSR count). The predicted molar refractivity (Wildman–Crippen MR) is 105 cm³/mol. The lowest BCUT2D eigenvalue weighted by Crippen LogP contribution is -2.32. The second-order valence-electron chi connectivity index (χ2n) is 6.31. The lowest BCUT2D eigenvalue weighted by Gasteiger charge is -2.11. The number of benzene rings is 2. The number of hydrogen-bond acceptors (Lipinski definition) is 4. The van der Waals surface area contributed by atoms with Crippen LogP contribution in [0.1, 0.15) is 11.1 Å². The number of sulfonamides is 1. The van der Waals surface area contributed by atoms with E-state index in [0.29, 0.717) is 11.3 Å². The highest BCUT2D eigenvalue weighted by molar-refractivity contribution is 7.89. The van der Waals surface area contributed by atoms with E-state index in [1.165, 1.54) is 10.7 Å². The number of rotatable bonds is 6. The molecule has 0 saturated heterocycles. The average molecular weight is 383 g/mol. The van der Waals surface area contributed by atoms with Gasteiger partial charge in [-0.3, -0.25) is 4.79 Å². The predicted octanol–water partition coefficient (Wildman–Crippen LogP) is 2.51. The monoisotopic (exact) mass is 383 g/mol. The van der Waals surface area contributed by atoms with Gasteiger partial charge < -0.3 is 0 Å². The Kier molecular flexibility index (Phi) is 5.53. The van der Waals surface area contributed by atoms with Gasteiger partial charge in [-0.1, -0.05) is 42.5 Å². The molecule has 0 radical (unpaired) electrons. The van der Waals surface area contributed by atoms with Crippen LogP contribution < -0.4 is 10.3 Å². The van der Waals surface area contributed by atoms with Gasteiger partial charge in [-0.25, -0.2) is 17.8 Å². The first kappa shape index (κ1) is 19.0. The summed E-state index contributed by atoms with van der Waals surface area (Å²) in [5.74, 6) is 0. The Morgan fingerprint density at radius 3 is 2.48 bits per heavy atom.